The van der Waals surface area contributed by atoms with E-state index in [2.05, 4.69) is 33.1 Å². The van der Waals surface area contributed by atoms with Crippen molar-refractivity contribution in [1.29, 1.82) is 0 Å². The Bertz CT molecular complexity index is 500. The molecule has 1 unspecified atom stereocenters. The van der Waals surface area contributed by atoms with Gasteiger partial charge in [0.25, 0.3) is 0 Å². The van der Waals surface area contributed by atoms with Gasteiger partial charge in [0, 0.05) is 44.7 Å². The summed E-state index contributed by atoms with van der Waals surface area (Å²) in [4.78, 5) is 25.4. The molecule has 0 spiro atoms. The molecule has 0 radical (unpaired) electrons. The number of methoxy groups -OCH3 is 1. The molecular weight excluding hydrogens is 272 g/mol. The van der Waals surface area contributed by atoms with Gasteiger partial charge >= 0.3 is 6.03 Å². The molecule has 1 aromatic rings. The lowest BCUT2D eigenvalue weighted by molar-refractivity contribution is -0.121. The summed E-state index contributed by atoms with van der Waals surface area (Å²) in [5.74, 6) is -0.295. The molecule has 0 fully saturated rings. The fraction of sp³-hybridized carbons (Fsp3) is 0.571. The van der Waals surface area contributed by atoms with Crippen molar-refractivity contribution in [3.8, 4) is 0 Å². The van der Waals surface area contributed by atoms with E-state index >= 15 is 0 Å². The zero-order valence-corrected chi connectivity index (χ0v) is 12.5. The SMILES string of the molecule is COCCNC(=O)NC(=O)CN1CCn2cccc2C1C. The number of carbonyl (C=O) groups excluding carboxylic acids is 2. The summed E-state index contributed by atoms with van der Waals surface area (Å²) in [6.07, 6.45) is 2.05. The molecular formula is C14H22N4O3. The van der Waals surface area contributed by atoms with Crippen molar-refractivity contribution < 1.29 is 14.3 Å². The maximum absolute atomic E-state index is 11.9. The first-order chi connectivity index (χ1) is 10.1. The van der Waals surface area contributed by atoms with Crippen molar-refractivity contribution >= 4 is 11.9 Å². The van der Waals surface area contributed by atoms with E-state index in [0.29, 0.717) is 13.2 Å². The molecule has 2 N–H and O–H groups in total. The van der Waals surface area contributed by atoms with Gasteiger partial charge in [-0.3, -0.25) is 15.0 Å². The molecule has 1 aliphatic rings. The van der Waals surface area contributed by atoms with Gasteiger partial charge in [-0.1, -0.05) is 0 Å². The molecule has 1 aliphatic heterocycles. The van der Waals surface area contributed by atoms with E-state index in [0.717, 1.165) is 13.1 Å². The number of imide groups is 1. The molecule has 0 saturated carbocycles. The van der Waals surface area contributed by atoms with Crippen LogP contribution in [0.5, 0.6) is 0 Å². The van der Waals surface area contributed by atoms with Crippen LogP contribution in [0, 0.1) is 0 Å². The molecule has 7 nitrogen and oxygen atoms in total. The fourth-order valence-corrected chi connectivity index (χ4v) is 2.50. The van der Waals surface area contributed by atoms with Crippen LogP contribution in [0.1, 0.15) is 18.7 Å². The van der Waals surface area contributed by atoms with Gasteiger partial charge < -0.3 is 14.6 Å². The molecule has 3 amide bonds. The Hall–Kier alpha value is -1.86. The molecule has 0 aliphatic carbocycles. The van der Waals surface area contributed by atoms with Gasteiger partial charge in [0.1, 0.15) is 0 Å². The highest BCUT2D eigenvalue weighted by atomic mass is 16.5. The number of fused-ring (bicyclic) bond motifs is 1. The fourth-order valence-electron chi connectivity index (χ4n) is 2.50. The number of urea groups is 1. The van der Waals surface area contributed by atoms with Crippen molar-refractivity contribution in [2.24, 2.45) is 0 Å². The quantitative estimate of drug-likeness (QED) is 0.768. The second-order valence-corrected chi connectivity index (χ2v) is 5.07. The molecule has 0 bridgehead atoms. The van der Waals surface area contributed by atoms with Gasteiger partial charge in [-0.25, -0.2) is 4.79 Å². The van der Waals surface area contributed by atoms with Gasteiger partial charge in [0.15, 0.2) is 0 Å². The van der Waals surface area contributed by atoms with Crippen molar-refractivity contribution in [3.63, 3.8) is 0 Å². The monoisotopic (exact) mass is 294 g/mol. The number of hydrogen-bond donors (Lipinski definition) is 2. The summed E-state index contributed by atoms with van der Waals surface area (Å²) < 4.78 is 7.01. The van der Waals surface area contributed by atoms with Crippen molar-refractivity contribution in [1.82, 2.24) is 20.1 Å². The summed E-state index contributed by atoms with van der Waals surface area (Å²) in [6.45, 7) is 4.73. The Morgan fingerprint density at radius 2 is 2.24 bits per heavy atom. The van der Waals surface area contributed by atoms with Gasteiger partial charge in [0.2, 0.25) is 5.91 Å². The third-order valence-electron chi connectivity index (χ3n) is 3.66. The van der Waals surface area contributed by atoms with Crippen molar-refractivity contribution in [2.45, 2.75) is 19.5 Å². The lowest BCUT2D eigenvalue weighted by atomic mass is 10.1. The largest absolute Gasteiger partial charge is 0.383 e. The van der Waals surface area contributed by atoms with Crippen molar-refractivity contribution in [3.05, 3.63) is 24.0 Å². The average molecular weight is 294 g/mol. The highest BCUT2D eigenvalue weighted by molar-refractivity contribution is 5.95. The molecule has 2 heterocycles. The van der Waals surface area contributed by atoms with E-state index in [9.17, 15) is 9.59 Å². The molecule has 21 heavy (non-hydrogen) atoms. The predicted octanol–water partition coefficient (Wildman–Crippen LogP) is 0.337. The van der Waals surface area contributed by atoms with Crippen LogP contribution in [0.2, 0.25) is 0 Å². The normalized spacial score (nSPS) is 18.1. The molecule has 7 heteroatoms. The zero-order valence-electron chi connectivity index (χ0n) is 12.5. The number of nitrogens with one attached hydrogen (secondary N) is 2. The van der Waals surface area contributed by atoms with Crippen LogP contribution >= 0.6 is 0 Å². The van der Waals surface area contributed by atoms with E-state index in [1.807, 2.05) is 12.3 Å². The van der Waals surface area contributed by atoms with E-state index in [-0.39, 0.29) is 18.5 Å². The van der Waals surface area contributed by atoms with E-state index < -0.39 is 6.03 Å². The van der Waals surface area contributed by atoms with Crippen LogP contribution < -0.4 is 10.6 Å². The minimum Gasteiger partial charge on any atom is -0.383 e. The second-order valence-electron chi connectivity index (χ2n) is 5.07. The summed E-state index contributed by atoms with van der Waals surface area (Å²) in [7, 11) is 1.55. The molecule has 1 aromatic heterocycles. The first-order valence-electron chi connectivity index (χ1n) is 7.07. The number of rotatable bonds is 5. The predicted molar refractivity (Wildman–Crippen MR) is 77.8 cm³/mol. The van der Waals surface area contributed by atoms with Gasteiger partial charge in [0.05, 0.1) is 13.2 Å². The number of amides is 3. The lowest BCUT2D eigenvalue weighted by Crippen LogP contribution is -2.47. The van der Waals surface area contributed by atoms with Crippen LogP contribution in [0.3, 0.4) is 0 Å². The first kappa shape index (κ1) is 15.5. The number of aromatic nitrogens is 1. The Morgan fingerprint density at radius 1 is 1.43 bits per heavy atom. The smallest absolute Gasteiger partial charge is 0.321 e. The van der Waals surface area contributed by atoms with E-state index in [4.69, 9.17) is 4.74 Å². The summed E-state index contributed by atoms with van der Waals surface area (Å²) in [6, 6.07) is 3.76. The van der Waals surface area contributed by atoms with Gasteiger partial charge in [-0.2, -0.15) is 0 Å². The highest BCUT2D eigenvalue weighted by Gasteiger charge is 2.25. The van der Waals surface area contributed by atoms with Crippen LogP contribution in [0.15, 0.2) is 18.3 Å². The van der Waals surface area contributed by atoms with Gasteiger partial charge in [-0.15, -0.1) is 0 Å². The minimum atomic E-state index is -0.481. The third kappa shape index (κ3) is 4.05. The highest BCUT2D eigenvalue weighted by Crippen LogP contribution is 2.24. The lowest BCUT2D eigenvalue weighted by Gasteiger charge is -2.34. The van der Waals surface area contributed by atoms with E-state index in [1.165, 1.54) is 5.69 Å². The first-order valence-corrected chi connectivity index (χ1v) is 7.07. The molecule has 0 aromatic carbocycles. The number of hydrogen-bond acceptors (Lipinski definition) is 4. The molecule has 2 rings (SSSR count). The van der Waals surface area contributed by atoms with Crippen LogP contribution in [-0.4, -0.2) is 54.8 Å². The Balaban J connectivity index is 1.79. The number of ether oxygens (including phenoxy) is 1. The molecule has 116 valence electrons. The molecule has 0 saturated heterocycles. The number of nitrogens with zero attached hydrogens (tertiary/aromatic N) is 2. The maximum Gasteiger partial charge on any atom is 0.321 e. The summed E-state index contributed by atoms with van der Waals surface area (Å²) in [5.41, 5.74) is 1.19. The van der Waals surface area contributed by atoms with Gasteiger partial charge in [-0.05, 0) is 19.1 Å². The zero-order chi connectivity index (χ0) is 15.2. The second kappa shape index (κ2) is 7.24. The van der Waals surface area contributed by atoms with Crippen LogP contribution in [0.4, 0.5) is 4.79 Å². The molecule has 1 atom stereocenters. The maximum atomic E-state index is 11.9. The summed E-state index contributed by atoms with van der Waals surface area (Å²) in [5, 5.41) is 4.89. The van der Waals surface area contributed by atoms with Crippen LogP contribution in [0.25, 0.3) is 0 Å². The topological polar surface area (TPSA) is 75.6 Å². The Morgan fingerprint density at radius 3 is 3.00 bits per heavy atom. The Labute approximate surface area is 124 Å². The Kier molecular flexibility index (Phi) is 5.35. The van der Waals surface area contributed by atoms with Crippen molar-refractivity contribution in [2.75, 3.05) is 33.4 Å². The standard InChI is InChI=1S/C14H22N4O3/c1-11-12-4-3-6-17(12)7-8-18(11)10-13(19)16-14(20)15-5-9-21-2/h3-4,6,11H,5,7-10H2,1-2H3,(H2,15,16,19,20). The minimum absolute atomic E-state index is 0.163. The average Bonchev–Trinajstić information content (AvgIpc) is 2.91. The van der Waals surface area contributed by atoms with Crippen LogP contribution in [-0.2, 0) is 16.1 Å². The summed E-state index contributed by atoms with van der Waals surface area (Å²) >= 11 is 0. The third-order valence-corrected chi connectivity index (χ3v) is 3.66. The van der Waals surface area contributed by atoms with E-state index in [1.54, 1.807) is 7.11 Å². The number of carbonyl (C=O) groups is 2.